The second-order valence-corrected chi connectivity index (χ2v) is 9.16. The van der Waals surface area contributed by atoms with Gasteiger partial charge in [-0.05, 0) is 49.9 Å². The zero-order valence-electron chi connectivity index (χ0n) is 20.2. The monoisotopic (exact) mass is 494 g/mol. The first-order valence-corrected chi connectivity index (χ1v) is 11.8. The number of aldehydes is 1. The summed E-state index contributed by atoms with van der Waals surface area (Å²) in [7, 11) is 1.79. The summed E-state index contributed by atoms with van der Waals surface area (Å²) in [6.07, 6.45) is 7.82. The SMILES string of the molecule is CNc1cc(-c2ccnc(-c3cc(NC(=O)CC4CC(F)(F)C4)cnc3C)n2)ccn1.O=CC1CC1. The smallest absolute Gasteiger partial charge is 0.248 e. The van der Waals surface area contributed by atoms with Gasteiger partial charge in [0.05, 0.1) is 17.6 Å². The van der Waals surface area contributed by atoms with Gasteiger partial charge in [0.25, 0.3) is 0 Å². The summed E-state index contributed by atoms with van der Waals surface area (Å²) in [6.45, 7) is 1.83. The molecule has 188 valence electrons. The van der Waals surface area contributed by atoms with Crippen LogP contribution in [0.2, 0.25) is 0 Å². The van der Waals surface area contributed by atoms with Gasteiger partial charge in [-0.3, -0.25) is 9.78 Å². The minimum atomic E-state index is -2.63. The lowest BCUT2D eigenvalue weighted by molar-refractivity contribution is -0.129. The average molecular weight is 495 g/mol. The van der Waals surface area contributed by atoms with Crippen molar-refractivity contribution in [3.8, 4) is 22.6 Å². The van der Waals surface area contributed by atoms with Crippen molar-refractivity contribution in [3.05, 3.63) is 48.5 Å². The van der Waals surface area contributed by atoms with Crippen LogP contribution in [0.1, 0.15) is 37.8 Å². The molecule has 0 aromatic carbocycles. The molecule has 3 heterocycles. The van der Waals surface area contributed by atoms with Gasteiger partial charge in [-0.1, -0.05) is 0 Å². The van der Waals surface area contributed by atoms with Crippen LogP contribution in [-0.2, 0) is 9.59 Å². The first-order chi connectivity index (χ1) is 17.3. The zero-order chi connectivity index (χ0) is 25.7. The molecular weight excluding hydrogens is 466 g/mol. The summed E-state index contributed by atoms with van der Waals surface area (Å²) < 4.78 is 26.0. The number of halogens is 2. The van der Waals surface area contributed by atoms with Crippen LogP contribution in [0.15, 0.2) is 42.9 Å². The molecule has 0 aliphatic heterocycles. The molecule has 2 aliphatic carbocycles. The van der Waals surface area contributed by atoms with Crippen molar-refractivity contribution >= 4 is 23.7 Å². The van der Waals surface area contributed by atoms with Crippen LogP contribution in [0, 0.1) is 18.8 Å². The summed E-state index contributed by atoms with van der Waals surface area (Å²) in [6, 6.07) is 7.30. The molecule has 3 aromatic heterocycles. The highest BCUT2D eigenvalue weighted by molar-refractivity contribution is 5.91. The van der Waals surface area contributed by atoms with Gasteiger partial charge in [-0.2, -0.15) is 0 Å². The number of hydrogen-bond donors (Lipinski definition) is 2. The van der Waals surface area contributed by atoms with Crippen molar-refractivity contribution in [1.82, 2.24) is 19.9 Å². The summed E-state index contributed by atoms with van der Waals surface area (Å²) in [5.74, 6) is -1.56. The molecule has 2 N–H and O–H groups in total. The van der Waals surface area contributed by atoms with Crippen molar-refractivity contribution in [2.24, 2.45) is 11.8 Å². The molecule has 5 rings (SSSR count). The number of aromatic nitrogens is 4. The van der Waals surface area contributed by atoms with Crippen molar-refractivity contribution in [2.75, 3.05) is 17.7 Å². The Balaban J connectivity index is 0.000000543. The highest BCUT2D eigenvalue weighted by Crippen LogP contribution is 2.44. The predicted octanol–water partition coefficient (Wildman–Crippen LogP) is 4.92. The maximum atomic E-state index is 13.0. The lowest BCUT2D eigenvalue weighted by Crippen LogP contribution is -2.37. The van der Waals surface area contributed by atoms with Crippen LogP contribution in [-0.4, -0.2) is 45.1 Å². The number of hydrogen-bond acceptors (Lipinski definition) is 7. The van der Waals surface area contributed by atoms with Crippen molar-refractivity contribution in [2.45, 2.75) is 45.0 Å². The Bertz CT molecular complexity index is 1240. The van der Waals surface area contributed by atoms with E-state index in [1.54, 1.807) is 31.6 Å². The van der Waals surface area contributed by atoms with E-state index in [0.717, 1.165) is 36.2 Å². The van der Waals surface area contributed by atoms with E-state index < -0.39 is 5.92 Å². The number of nitrogens with one attached hydrogen (secondary N) is 2. The quantitative estimate of drug-likeness (QED) is 0.449. The molecule has 3 aromatic rings. The molecule has 0 radical (unpaired) electrons. The fraction of sp³-hybridized carbons (Fsp3) is 0.385. The van der Waals surface area contributed by atoms with E-state index in [4.69, 9.17) is 0 Å². The molecule has 36 heavy (non-hydrogen) atoms. The van der Waals surface area contributed by atoms with Crippen LogP contribution >= 0.6 is 0 Å². The van der Waals surface area contributed by atoms with E-state index in [1.807, 2.05) is 19.1 Å². The Kier molecular flexibility index (Phi) is 7.61. The maximum Gasteiger partial charge on any atom is 0.248 e. The summed E-state index contributed by atoms with van der Waals surface area (Å²) in [5, 5.41) is 5.75. The molecule has 8 nitrogen and oxygen atoms in total. The molecule has 0 atom stereocenters. The molecule has 0 spiro atoms. The molecule has 1 amide bonds. The Morgan fingerprint density at radius 2 is 1.89 bits per heavy atom. The third kappa shape index (κ3) is 6.65. The van der Waals surface area contributed by atoms with Crippen LogP contribution in [0.25, 0.3) is 22.6 Å². The van der Waals surface area contributed by atoms with E-state index in [-0.39, 0.29) is 31.1 Å². The molecule has 0 saturated heterocycles. The molecular formula is C26H28F2N6O2. The van der Waals surface area contributed by atoms with Crippen molar-refractivity contribution in [1.29, 1.82) is 0 Å². The normalized spacial score (nSPS) is 16.2. The minimum absolute atomic E-state index is 0.0701. The summed E-state index contributed by atoms with van der Waals surface area (Å²) in [4.78, 5) is 39.4. The fourth-order valence-corrected chi connectivity index (χ4v) is 3.84. The summed E-state index contributed by atoms with van der Waals surface area (Å²) in [5.41, 5.74) is 3.48. The van der Waals surface area contributed by atoms with Gasteiger partial charge in [0.2, 0.25) is 11.8 Å². The number of anilines is 2. The standard InChI is InChI=1S/C22H22F2N6O.C4H6O/c1-13-17(9-16(12-28-13)29-20(31)7-14-10-22(23,24)11-14)21-27-6-4-18(30-21)15-3-5-26-19(8-15)25-2;5-3-4-1-2-4/h3-6,8-9,12,14H,7,10-11H2,1-2H3,(H,25,26)(H,29,31);3-4H,1-2H2. The molecule has 2 saturated carbocycles. The number of rotatable bonds is 7. The van der Waals surface area contributed by atoms with Gasteiger partial charge in [0, 0.05) is 61.4 Å². The summed E-state index contributed by atoms with van der Waals surface area (Å²) >= 11 is 0. The van der Waals surface area contributed by atoms with E-state index in [2.05, 4.69) is 30.6 Å². The predicted molar refractivity (Wildman–Crippen MR) is 132 cm³/mol. The first-order valence-electron chi connectivity index (χ1n) is 11.8. The number of aryl methyl sites for hydroxylation is 1. The van der Waals surface area contributed by atoms with Crippen LogP contribution < -0.4 is 10.6 Å². The third-order valence-corrected chi connectivity index (χ3v) is 6.04. The zero-order valence-corrected chi connectivity index (χ0v) is 20.2. The van der Waals surface area contributed by atoms with E-state index in [9.17, 15) is 18.4 Å². The fourth-order valence-electron chi connectivity index (χ4n) is 3.84. The van der Waals surface area contributed by atoms with Gasteiger partial charge in [-0.25, -0.2) is 23.7 Å². The number of carbonyl (C=O) groups is 2. The molecule has 2 aliphatic rings. The highest BCUT2D eigenvalue weighted by Gasteiger charge is 2.45. The van der Waals surface area contributed by atoms with Crippen LogP contribution in [0.5, 0.6) is 0 Å². The topological polar surface area (TPSA) is 110 Å². The largest absolute Gasteiger partial charge is 0.373 e. The molecule has 0 bridgehead atoms. The first kappa shape index (κ1) is 25.3. The van der Waals surface area contributed by atoms with Crippen LogP contribution in [0.3, 0.4) is 0 Å². The van der Waals surface area contributed by atoms with Gasteiger partial charge in [-0.15, -0.1) is 0 Å². The number of nitrogens with zero attached hydrogens (tertiary/aromatic N) is 4. The third-order valence-electron chi connectivity index (χ3n) is 6.04. The van der Waals surface area contributed by atoms with Crippen molar-refractivity contribution < 1.29 is 18.4 Å². The van der Waals surface area contributed by atoms with Crippen molar-refractivity contribution in [3.63, 3.8) is 0 Å². The Morgan fingerprint density at radius 3 is 2.53 bits per heavy atom. The number of carbonyl (C=O) groups excluding carboxylic acids is 2. The van der Waals surface area contributed by atoms with Gasteiger partial charge >= 0.3 is 0 Å². The number of alkyl halides is 2. The molecule has 0 unspecified atom stereocenters. The highest BCUT2D eigenvalue weighted by atomic mass is 19.3. The number of amides is 1. The Labute approximate surface area is 208 Å². The van der Waals surface area contributed by atoms with Crippen LogP contribution in [0.4, 0.5) is 20.3 Å². The van der Waals surface area contributed by atoms with Gasteiger partial charge < -0.3 is 15.4 Å². The van der Waals surface area contributed by atoms with E-state index in [0.29, 0.717) is 28.7 Å². The van der Waals surface area contributed by atoms with E-state index in [1.165, 1.54) is 6.20 Å². The lowest BCUT2D eigenvalue weighted by Gasteiger charge is -2.34. The number of pyridine rings is 2. The molecule has 2 fully saturated rings. The van der Waals surface area contributed by atoms with Gasteiger partial charge in [0.15, 0.2) is 5.82 Å². The second-order valence-electron chi connectivity index (χ2n) is 9.16. The van der Waals surface area contributed by atoms with Gasteiger partial charge in [0.1, 0.15) is 12.1 Å². The Morgan fingerprint density at radius 1 is 1.14 bits per heavy atom. The average Bonchev–Trinajstić information content (AvgIpc) is 3.69. The second kappa shape index (κ2) is 10.8. The van der Waals surface area contributed by atoms with E-state index >= 15 is 0 Å². The maximum absolute atomic E-state index is 13.0. The molecule has 10 heteroatoms. The minimum Gasteiger partial charge on any atom is -0.373 e. The Hall–Kier alpha value is -3.82. The lowest BCUT2D eigenvalue weighted by atomic mass is 9.79.